The van der Waals surface area contributed by atoms with Gasteiger partial charge in [-0.1, -0.05) is 23.7 Å². The van der Waals surface area contributed by atoms with Crippen LogP contribution in [-0.2, 0) is 24.2 Å². The molecule has 0 radical (unpaired) electrons. The van der Waals surface area contributed by atoms with E-state index < -0.39 is 18.0 Å². The third kappa shape index (κ3) is 3.27. The molecule has 0 saturated carbocycles. The fourth-order valence-corrected chi connectivity index (χ4v) is 5.05. The molecule has 0 bridgehead atoms. The van der Waals surface area contributed by atoms with Crippen LogP contribution >= 0.6 is 11.6 Å². The van der Waals surface area contributed by atoms with Crippen molar-refractivity contribution in [1.82, 2.24) is 14.7 Å². The van der Waals surface area contributed by atoms with Crippen molar-refractivity contribution in [2.75, 3.05) is 6.54 Å². The first kappa shape index (κ1) is 20.7. The number of halogens is 2. The number of nitriles is 1. The van der Waals surface area contributed by atoms with Gasteiger partial charge in [0.05, 0.1) is 23.4 Å². The highest BCUT2D eigenvalue weighted by Crippen LogP contribution is 2.41. The number of nitrogens with zero attached hydrogens (tertiary/aromatic N) is 4. The molecule has 3 aromatic rings. The largest absolute Gasteiger partial charge is 0.390 e. The fourth-order valence-electron chi connectivity index (χ4n) is 4.84. The van der Waals surface area contributed by atoms with E-state index in [0.717, 1.165) is 16.8 Å². The van der Waals surface area contributed by atoms with Crippen molar-refractivity contribution in [2.24, 2.45) is 0 Å². The van der Waals surface area contributed by atoms with Crippen molar-refractivity contribution in [3.63, 3.8) is 0 Å². The molecule has 0 saturated heterocycles. The molecule has 5 rings (SSSR count). The number of aliphatic hydroxyl groups is 1. The number of benzene rings is 2. The van der Waals surface area contributed by atoms with Gasteiger partial charge >= 0.3 is 0 Å². The second-order valence-corrected chi connectivity index (χ2v) is 8.71. The van der Waals surface area contributed by atoms with Gasteiger partial charge in [-0.2, -0.15) is 10.4 Å². The summed E-state index contributed by atoms with van der Waals surface area (Å²) in [6.45, 7) is 2.45. The van der Waals surface area contributed by atoms with Gasteiger partial charge in [0.25, 0.3) is 0 Å². The molecule has 1 amide bonds. The third-order valence-corrected chi connectivity index (χ3v) is 6.57. The maximum Gasteiger partial charge on any atom is 0.219 e. The number of aliphatic hydroxyl groups excluding tert-OH is 1. The van der Waals surface area contributed by atoms with Crippen molar-refractivity contribution >= 4 is 17.5 Å². The highest BCUT2D eigenvalue weighted by atomic mass is 35.5. The second-order valence-electron chi connectivity index (χ2n) is 8.27. The lowest BCUT2D eigenvalue weighted by Crippen LogP contribution is -2.35. The Kier molecular flexibility index (Phi) is 5.00. The van der Waals surface area contributed by atoms with Crippen LogP contribution in [0.5, 0.6) is 0 Å². The van der Waals surface area contributed by atoms with Gasteiger partial charge in [-0.3, -0.25) is 9.48 Å². The topological polar surface area (TPSA) is 82.2 Å². The SMILES string of the molecule is CC(=O)N1CCc2c(c(-c3cccc(C#N)c3)nn2C2c3cc(Cl)cc(F)c3CC2O)C1. The Morgan fingerprint density at radius 3 is 2.88 bits per heavy atom. The van der Waals surface area contributed by atoms with E-state index >= 15 is 0 Å². The molecule has 2 atom stereocenters. The minimum absolute atomic E-state index is 0.0276. The normalized spacial score (nSPS) is 19.4. The Morgan fingerprint density at radius 2 is 2.12 bits per heavy atom. The van der Waals surface area contributed by atoms with E-state index in [-0.39, 0.29) is 17.4 Å². The lowest BCUT2D eigenvalue weighted by atomic mass is 9.99. The summed E-state index contributed by atoms with van der Waals surface area (Å²) < 4.78 is 16.3. The number of hydrogen-bond acceptors (Lipinski definition) is 4. The smallest absolute Gasteiger partial charge is 0.219 e. The van der Waals surface area contributed by atoms with Crippen LogP contribution in [0.3, 0.4) is 0 Å². The van der Waals surface area contributed by atoms with Crippen LogP contribution in [0.1, 0.15) is 40.9 Å². The van der Waals surface area contributed by atoms with Crippen LogP contribution in [0, 0.1) is 17.1 Å². The zero-order valence-electron chi connectivity index (χ0n) is 17.3. The molecule has 32 heavy (non-hydrogen) atoms. The van der Waals surface area contributed by atoms with Crippen LogP contribution in [0.4, 0.5) is 4.39 Å². The van der Waals surface area contributed by atoms with Gasteiger partial charge in [-0.05, 0) is 35.4 Å². The molecular weight excluding hydrogens is 431 g/mol. The lowest BCUT2D eigenvalue weighted by Gasteiger charge is -2.28. The minimum Gasteiger partial charge on any atom is -0.390 e. The van der Waals surface area contributed by atoms with Crippen LogP contribution in [0.15, 0.2) is 36.4 Å². The molecule has 2 unspecified atom stereocenters. The molecule has 2 aliphatic rings. The van der Waals surface area contributed by atoms with Crippen LogP contribution in [0.2, 0.25) is 5.02 Å². The van der Waals surface area contributed by atoms with Crippen LogP contribution in [-0.4, -0.2) is 38.3 Å². The van der Waals surface area contributed by atoms with E-state index in [4.69, 9.17) is 16.7 Å². The summed E-state index contributed by atoms with van der Waals surface area (Å²) in [4.78, 5) is 13.8. The molecule has 162 valence electrons. The average molecular weight is 451 g/mol. The van der Waals surface area contributed by atoms with Crippen molar-refractivity contribution in [2.45, 2.75) is 38.5 Å². The van der Waals surface area contributed by atoms with E-state index in [9.17, 15) is 19.6 Å². The van der Waals surface area contributed by atoms with E-state index in [2.05, 4.69) is 6.07 Å². The Balaban J connectivity index is 1.70. The second kappa shape index (κ2) is 7.73. The van der Waals surface area contributed by atoms with E-state index in [0.29, 0.717) is 41.9 Å². The van der Waals surface area contributed by atoms with Crippen LogP contribution < -0.4 is 0 Å². The number of rotatable bonds is 2. The summed E-state index contributed by atoms with van der Waals surface area (Å²) in [6.07, 6.45) is -0.121. The maximum absolute atomic E-state index is 14.5. The molecular formula is C24H20ClFN4O2. The molecule has 6 nitrogen and oxygen atoms in total. The van der Waals surface area contributed by atoms with Gasteiger partial charge in [0.15, 0.2) is 0 Å². The summed E-state index contributed by atoms with van der Waals surface area (Å²) in [7, 11) is 0. The predicted octanol–water partition coefficient (Wildman–Crippen LogP) is 3.63. The number of aromatic nitrogens is 2. The van der Waals surface area contributed by atoms with Gasteiger partial charge in [0.2, 0.25) is 5.91 Å². The Bertz CT molecular complexity index is 1300. The number of carbonyl (C=O) groups excluding carboxylic acids is 1. The lowest BCUT2D eigenvalue weighted by molar-refractivity contribution is -0.129. The summed E-state index contributed by atoms with van der Waals surface area (Å²) in [6, 6.07) is 11.7. The number of hydrogen-bond donors (Lipinski definition) is 1. The fraction of sp³-hybridized carbons (Fsp3) is 0.292. The third-order valence-electron chi connectivity index (χ3n) is 6.35. The van der Waals surface area contributed by atoms with Gasteiger partial charge in [-0.15, -0.1) is 0 Å². The summed E-state index contributed by atoms with van der Waals surface area (Å²) in [5.41, 5.74) is 4.78. The van der Waals surface area contributed by atoms with Crippen molar-refractivity contribution in [3.05, 3.63) is 75.2 Å². The summed E-state index contributed by atoms with van der Waals surface area (Å²) >= 11 is 6.13. The Hall–Kier alpha value is -3.21. The first-order valence-electron chi connectivity index (χ1n) is 10.4. The van der Waals surface area contributed by atoms with Crippen molar-refractivity contribution in [1.29, 1.82) is 5.26 Å². The zero-order valence-corrected chi connectivity index (χ0v) is 18.1. The highest BCUT2D eigenvalue weighted by molar-refractivity contribution is 6.30. The first-order valence-corrected chi connectivity index (χ1v) is 10.8. The van der Waals surface area contributed by atoms with Crippen molar-refractivity contribution in [3.8, 4) is 17.3 Å². The highest BCUT2D eigenvalue weighted by Gasteiger charge is 2.39. The van der Waals surface area contributed by atoms with E-state index in [1.54, 1.807) is 33.8 Å². The van der Waals surface area contributed by atoms with Gasteiger partial charge in [-0.25, -0.2) is 4.39 Å². The number of amides is 1. The summed E-state index contributed by atoms with van der Waals surface area (Å²) in [5.74, 6) is -0.458. The molecule has 2 heterocycles. The number of fused-ring (bicyclic) bond motifs is 2. The first-order chi connectivity index (χ1) is 15.4. The quantitative estimate of drug-likeness (QED) is 0.646. The van der Waals surface area contributed by atoms with Crippen molar-refractivity contribution < 1.29 is 14.3 Å². The maximum atomic E-state index is 14.5. The molecule has 2 aromatic carbocycles. The molecule has 0 spiro atoms. The van der Waals surface area contributed by atoms with Crippen LogP contribution in [0.25, 0.3) is 11.3 Å². The molecule has 1 aliphatic carbocycles. The Morgan fingerprint density at radius 1 is 1.31 bits per heavy atom. The standard InChI is InChI=1S/C24H20ClFN4O2/c1-13(31)29-6-5-21-19(12-29)23(15-4-2-3-14(7-15)11-27)28-30(21)24-18-8-16(25)9-20(26)17(18)10-22(24)32/h2-4,7-9,22,24,32H,5-6,10,12H2,1H3. The molecule has 1 aromatic heterocycles. The Labute approximate surface area is 189 Å². The zero-order chi connectivity index (χ0) is 22.6. The predicted molar refractivity (Wildman–Crippen MR) is 116 cm³/mol. The molecule has 1 N–H and O–H groups in total. The van der Waals surface area contributed by atoms with Gasteiger partial charge in [0.1, 0.15) is 11.9 Å². The summed E-state index contributed by atoms with van der Waals surface area (Å²) in [5, 5.41) is 25.4. The monoisotopic (exact) mass is 450 g/mol. The average Bonchev–Trinajstić information content (AvgIpc) is 3.30. The molecule has 1 aliphatic heterocycles. The van der Waals surface area contributed by atoms with E-state index in [1.165, 1.54) is 13.0 Å². The van der Waals surface area contributed by atoms with Gasteiger partial charge in [0, 0.05) is 54.7 Å². The van der Waals surface area contributed by atoms with E-state index in [1.807, 2.05) is 6.07 Å². The number of carbonyl (C=O) groups is 1. The molecule has 8 heteroatoms. The molecule has 0 fully saturated rings. The minimum atomic E-state index is -0.855. The van der Waals surface area contributed by atoms with Gasteiger partial charge < -0.3 is 10.0 Å².